The van der Waals surface area contributed by atoms with Gasteiger partial charge >= 0.3 is 0 Å². The lowest BCUT2D eigenvalue weighted by molar-refractivity contribution is 0.0529. The molecule has 1 aromatic heterocycles. The number of pyridine rings is 1. The summed E-state index contributed by atoms with van der Waals surface area (Å²) in [5.74, 6) is 1.68. The van der Waals surface area contributed by atoms with Crippen molar-refractivity contribution in [3.05, 3.63) is 59.3 Å². The topological polar surface area (TPSA) is 90.9 Å². The van der Waals surface area contributed by atoms with E-state index in [1.165, 1.54) is 0 Å². The molecule has 0 aliphatic carbocycles. The lowest BCUT2D eigenvalue weighted by Gasteiger charge is -2.32. The van der Waals surface area contributed by atoms with Gasteiger partial charge in [-0.2, -0.15) is 0 Å². The van der Waals surface area contributed by atoms with E-state index in [0.29, 0.717) is 12.1 Å². The van der Waals surface area contributed by atoms with Gasteiger partial charge in [-0.05, 0) is 49.6 Å². The number of morpholine rings is 1. The monoisotopic (exact) mass is 566 g/mol. The highest BCUT2D eigenvalue weighted by Gasteiger charge is 2.17. The van der Waals surface area contributed by atoms with Gasteiger partial charge in [0.05, 0.1) is 19.3 Å². The molecule has 0 bridgehead atoms. The molecule has 0 spiro atoms. The summed E-state index contributed by atoms with van der Waals surface area (Å²) in [4.78, 5) is 23.4. The summed E-state index contributed by atoms with van der Waals surface area (Å²) >= 11 is 0. The van der Waals surface area contributed by atoms with E-state index in [4.69, 9.17) is 4.74 Å². The van der Waals surface area contributed by atoms with Crippen molar-refractivity contribution < 1.29 is 9.53 Å². The number of rotatable bonds is 8. The van der Waals surface area contributed by atoms with Gasteiger partial charge in [0.15, 0.2) is 5.96 Å². The average molecular weight is 566 g/mol. The van der Waals surface area contributed by atoms with Crippen LogP contribution in [0.25, 0.3) is 0 Å². The number of guanidine groups is 1. The summed E-state index contributed by atoms with van der Waals surface area (Å²) in [5.41, 5.74) is 2.84. The van der Waals surface area contributed by atoms with Gasteiger partial charge in [0.1, 0.15) is 5.82 Å². The largest absolute Gasteiger partial charge is 0.375 e. The van der Waals surface area contributed by atoms with Crippen molar-refractivity contribution >= 4 is 41.7 Å². The second kappa shape index (κ2) is 14.0. The Balaban J connectivity index is 0.00000385. The molecule has 1 fully saturated rings. The highest BCUT2D eigenvalue weighted by atomic mass is 127. The van der Waals surface area contributed by atoms with Crippen LogP contribution in [0.4, 0.5) is 5.82 Å². The number of carbonyl (C=O) groups excluding carboxylic acids is 1. The van der Waals surface area contributed by atoms with Gasteiger partial charge in [-0.3, -0.25) is 4.79 Å². The zero-order chi connectivity index (χ0) is 22.8. The van der Waals surface area contributed by atoms with Crippen molar-refractivity contribution in [1.29, 1.82) is 0 Å². The van der Waals surface area contributed by atoms with Crippen LogP contribution >= 0.6 is 24.0 Å². The Hall–Kier alpha value is -2.40. The Labute approximate surface area is 213 Å². The fraction of sp³-hybridized carbons (Fsp3) is 0.458. The predicted molar refractivity (Wildman–Crippen MR) is 144 cm³/mol. The molecule has 0 radical (unpaired) electrons. The van der Waals surface area contributed by atoms with E-state index >= 15 is 0 Å². The number of benzene rings is 1. The van der Waals surface area contributed by atoms with Crippen molar-refractivity contribution in [2.24, 2.45) is 4.99 Å². The Bertz CT molecular complexity index is 906. The van der Waals surface area contributed by atoms with Crippen LogP contribution in [0.15, 0.2) is 47.6 Å². The molecule has 33 heavy (non-hydrogen) atoms. The number of aromatic nitrogens is 1. The number of aliphatic imine (C=N–C) groups is 1. The maximum absolute atomic E-state index is 11.8. The molecule has 1 saturated heterocycles. The number of hydrogen-bond acceptors (Lipinski definition) is 5. The second-order valence-electron chi connectivity index (χ2n) is 7.80. The van der Waals surface area contributed by atoms with E-state index in [0.717, 1.165) is 62.1 Å². The minimum absolute atomic E-state index is 0. The Morgan fingerprint density at radius 2 is 2.09 bits per heavy atom. The summed E-state index contributed by atoms with van der Waals surface area (Å²) in [6.07, 6.45) is 2.92. The van der Waals surface area contributed by atoms with Crippen molar-refractivity contribution in [1.82, 2.24) is 20.9 Å². The number of nitrogens with zero attached hydrogens (tertiary/aromatic N) is 3. The molecule has 1 unspecified atom stereocenters. The number of anilines is 1. The minimum atomic E-state index is -0.0718. The molecule has 3 rings (SSSR count). The van der Waals surface area contributed by atoms with E-state index in [-0.39, 0.29) is 36.0 Å². The normalized spacial score (nSPS) is 16.0. The highest BCUT2D eigenvalue weighted by Crippen LogP contribution is 2.15. The molecule has 1 amide bonds. The second-order valence-corrected chi connectivity index (χ2v) is 7.80. The first-order valence-corrected chi connectivity index (χ1v) is 11.2. The number of hydrogen-bond donors (Lipinski definition) is 3. The van der Waals surface area contributed by atoms with Crippen LogP contribution in [-0.2, 0) is 17.7 Å². The first kappa shape index (κ1) is 26.8. The first-order chi connectivity index (χ1) is 15.6. The third-order valence-electron chi connectivity index (χ3n) is 5.26. The molecule has 180 valence electrons. The van der Waals surface area contributed by atoms with Gasteiger partial charge in [-0.25, -0.2) is 9.98 Å². The fourth-order valence-electron chi connectivity index (χ4n) is 3.57. The SMILES string of the molecule is CCNC(=NCc1ccc(N2CCOC(C)C2)nc1)NCCc1cccc(C(=O)NC)c1.I. The van der Waals surface area contributed by atoms with Crippen LogP contribution in [0.1, 0.15) is 35.3 Å². The van der Waals surface area contributed by atoms with Crippen LogP contribution in [0.3, 0.4) is 0 Å². The number of amides is 1. The van der Waals surface area contributed by atoms with Crippen LogP contribution < -0.4 is 20.9 Å². The summed E-state index contributed by atoms with van der Waals surface area (Å²) in [6.45, 7) is 8.66. The molecular weight excluding hydrogens is 531 g/mol. The van der Waals surface area contributed by atoms with Crippen LogP contribution in [0.2, 0.25) is 0 Å². The standard InChI is InChI=1S/C24H34N6O2.HI/c1-4-26-24(27-11-10-19-6-5-7-21(14-19)23(31)25-3)29-16-20-8-9-22(28-15-20)30-12-13-32-18(2)17-30;/h5-9,14-15,18H,4,10-13,16-17H2,1-3H3,(H,25,31)(H2,26,27,29);1H. The van der Waals surface area contributed by atoms with Gasteiger partial charge in [-0.15, -0.1) is 24.0 Å². The molecule has 0 saturated carbocycles. The summed E-state index contributed by atoms with van der Waals surface area (Å²) < 4.78 is 5.60. The van der Waals surface area contributed by atoms with E-state index in [1.807, 2.05) is 37.4 Å². The maximum Gasteiger partial charge on any atom is 0.251 e. The molecule has 1 aliphatic rings. The third-order valence-corrected chi connectivity index (χ3v) is 5.26. The zero-order valence-corrected chi connectivity index (χ0v) is 22.0. The molecule has 1 atom stereocenters. The average Bonchev–Trinajstić information content (AvgIpc) is 2.82. The summed E-state index contributed by atoms with van der Waals surface area (Å²) in [5, 5.41) is 9.30. The number of nitrogens with one attached hydrogen (secondary N) is 3. The first-order valence-electron chi connectivity index (χ1n) is 11.2. The minimum Gasteiger partial charge on any atom is -0.375 e. The Kier molecular flexibility index (Phi) is 11.4. The molecule has 3 N–H and O–H groups in total. The van der Waals surface area contributed by atoms with Crippen molar-refractivity contribution in [2.75, 3.05) is 44.7 Å². The Morgan fingerprint density at radius 3 is 2.79 bits per heavy atom. The summed E-state index contributed by atoms with van der Waals surface area (Å²) in [6, 6.07) is 11.8. The van der Waals surface area contributed by atoms with E-state index in [2.05, 4.69) is 49.9 Å². The van der Waals surface area contributed by atoms with E-state index < -0.39 is 0 Å². The highest BCUT2D eigenvalue weighted by molar-refractivity contribution is 14.0. The van der Waals surface area contributed by atoms with Crippen LogP contribution in [0.5, 0.6) is 0 Å². The van der Waals surface area contributed by atoms with Crippen molar-refractivity contribution in [2.45, 2.75) is 32.9 Å². The van der Waals surface area contributed by atoms with E-state index in [9.17, 15) is 4.79 Å². The predicted octanol–water partition coefficient (Wildman–Crippen LogP) is 2.58. The molecule has 2 heterocycles. The molecule has 1 aliphatic heterocycles. The summed E-state index contributed by atoms with van der Waals surface area (Å²) in [7, 11) is 1.64. The number of ether oxygens (including phenoxy) is 1. The van der Waals surface area contributed by atoms with Crippen molar-refractivity contribution in [3.63, 3.8) is 0 Å². The quantitative estimate of drug-likeness (QED) is 0.259. The van der Waals surface area contributed by atoms with Gasteiger partial charge in [-0.1, -0.05) is 18.2 Å². The fourth-order valence-corrected chi connectivity index (χ4v) is 3.57. The smallest absolute Gasteiger partial charge is 0.251 e. The lowest BCUT2D eigenvalue weighted by atomic mass is 10.1. The van der Waals surface area contributed by atoms with Crippen LogP contribution in [0, 0.1) is 0 Å². The number of halogens is 1. The van der Waals surface area contributed by atoms with Gasteiger partial charge in [0, 0.05) is 45.0 Å². The molecule has 9 heteroatoms. The molecule has 2 aromatic rings. The van der Waals surface area contributed by atoms with Gasteiger partial charge in [0.2, 0.25) is 0 Å². The van der Waals surface area contributed by atoms with Crippen LogP contribution in [-0.4, -0.2) is 62.8 Å². The molecular formula is C24H35IN6O2. The van der Waals surface area contributed by atoms with Gasteiger partial charge in [0.25, 0.3) is 5.91 Å². The number of carbonyl (C=O) groups is 1. The zero-order valence-electron chi connectivity index (χ0n) is 19.6. The maximum atomic E-state index is 11.8. The molecule has 8 nitrogen and oxygen atoms in total. The lowest BCUT2D eigenvalue weighted by Crippen LogP contribution is -2.41. The third kappa shape index (κ3) is 8.47. The molecule has 1 aromatic carbocycles. The van der Waals surface area contributed by atoms with Crippen molar-refractivity contribution in [3.8, 4) is 0 Å². The Morgan fingerprint density at radius 1 is 1.24 bits per heavy atom. The van der Waals surface area contributed by atoms with E-state index in [1.54, 1.807) is 7.05 Å². The van der Waals surface area contributed by atoms with Gasteiger partial charge < -0.3 is 25.6 Å².